The number of carboxylic acids is 1. The van der Waals surface area contributed by atoms with Gasteiger partial charge in [0.15, 0.2) is 5.17 Å². The highest BCUT2D eigenvalue weighted by atomic mass is 32.2. The zero-order valence-corrected chi connectivity index (χ0v) is 17.4. The topological polar surface area (TPSA) is 92.9 Å². The van der Waals surface area contributed by atoms with Gasteiger partial charge in [-0.05, 0) is 85.4 Å². The lowest BCUT2D eigenvalue weighted by molar-refractivity contribution is -0.115. The van der Waals surface area contributed by atoms with E-state index in [1.807, 2.05) is 54.1 Å². The Bertz CT molecular complexity index is 1180. The first kappa shape index (κ1) is 20.5. The van der Waals surface area contributed by atoms with Gasteiger partial charge in [0, 0.05) is 17.6 Å². The number of carbonyl (C=O) groups excluding carboxylic acids is 1. The number of rotatable bonds is 6. The monoisotopic (exact) mass is 433 g/mol. The van der Waals surface area contributed by atoms with Crippen molar-refractivity contribution in [3.8, 4) is 11.4 Å². The highest BCUT2D eigenvalue weighted by Gasteiger charge is 2.24. The quantitative estimate of drug-likeness (QED) is 0.560. The van der Waals surface area contributed by atoms with Crippen molar-refractivity contribution in [2.75, 3.05) is 6.61 Å². The molecular formula is C23H19N3O4S. The molecule has 0 radical (unpaired) electrons. The summed E-state index contributed by atoms with van der Waals surface area (Å²) in [5, 5.41) is 12.4. The third kappa shape index (κ3) is 4.70. The Morgan fingerprint density at radius 3 is 2.58 bits per heavy atom. The smallest absolute Gasteiger partial charge is 0.335 e. The summed E-state index contributed by atoms with van der Waals surface area (Å²) in [4.78, 5) is 28.5. The lowest BCUT2D eigenvalue weighted by Crippen LogP contribution is -2.19. The molecule has 0 atom stereocenters. The number of aliphatic imine (C=N–C) groups is 1. The van der Waals surface area contributed by atoms with Gasteiger partial charge >= 0.3 is 5.97 Å². The van der Waals surface area contributed by atoms with Crippen LogP contribution in [0.2, 0.25) is 0 Å². The normalized spacial score (nSPS) is 16.0. The van der Waals surface area contributed by atoms with Gasteiger partial charge in [-0.1, -0.05) is 0 Å². The number of hydrogen-bond donors (Lipinski definition) is 2. The van der Waals surface area contributed by atoms with Crippen LogP contribution in [0.1, 0.15) is 23.0 Å². The maximum Gasteiger partial charge on any atom is 0.335 e. The number of amides is 1. The van der Waals surface area contributed by atoms with Crippen molar-refractivity contribution < 1.29 is 19.4 Å². The molecule has 2 aromatic carbocycles. The van der Waals surface area contributed by atoms with E-state index in [2.05, 4.69) is 10.3 Å². The first-order valence-corrected chi connectivity index (χ1v) is 10.4. The molecule has 156 valence electrons. The van der Waals surface area contributed by atoms with Gasteiger partial charge in [-0.15, -0.1) is 0 Å². The van der Waals surface area contributed by atoms with Crippen LogP contribution < -0.4 is 10.1 Å². The number of aromatic nitrogens is 1. The van der Waals surface area contributed by atoms with Gasteiger partial charge in [0.1, 0.15) is 5.75 Å². The maximum absolute atomic E-state index is 12.4. The molecule has 0 bridgehead atoms. The van der Waals surface area contributed by atoms with Crippen LogP contribution in [0.15, 0.2) is 76.8 Å². The van der Waals surface area contributed by atoms with Crippen LogP contribution in [0.4, 0.5) is 5.69 Å². The molecule has 4 rings (SSSR count). The number of carbonyl (C=O) groups is 2. The number of hydrogen-bond acceptors (Lipinski definition) is 5. The van der Waals surface area contributed by atoms with E-state index in [1.54, 1.807) is 30.3 Å². The second-order valence-electron chi connectivity index (χ2n) is 6.56. The van der Waals surface area contributed by atoms with E-state index in [1.165, 1.54) is 11.8 Å². The third-order valence-electron chi connectivity index (χ3n) is 4.48. The standard InChI is InChI=1S/C23H19N3O4S/c1-2-30-19-11-7-16(8-12-19)24-23-25-21(27)20(31-23)14-18-4-3-13-26(18)17-9-5-15(6-10-17)22(28)29/h3-14H,2H2,1H3,(H,28,29)(H,24,25,27)/b20-14-. The van der Waals surface area contributed by atoms with Crippen molar-refractivity contribution in [2.45, 2.75) is 6.92 Å². The molecule has 0 unspecified atom stereocenters. The molecular weight excluding hydrogens is 414 g/mol. The molecule has 8 heteroatoms. The minimum absolute atomic E-state index is 0.219. The average Bonchev–Trinajstić information content (AvgIpc) is 3.36. The van der Waals surface area contributed by atoms with Gasteiger partial charge in [0.2, 0.25) is 0 Å². The van der Waals surface area contributed by atoms with Gasteiger partial charge in [-0.25, -0.2) is 9.79 Å². The number of ether oxygens (including phenoxy) is 1. The fraction of sp³-hybridized carbons (Fsp3) is 0.0870. The van der Waals surface area contributed by atoms with E-state index in [0.717, 1.165) is 22.8 Å². The fourth-order valence-corrected chi connectivity index (χ4v) is 3.85. The molecule has 1 aliphatic rings. The number of nitrogens with zero attached hydrogens (tertiary/aromatic N) is 2. The molecule has 2 heterocycles. The molecule has 1 fully saturated rings. The van der Waals surface area contributed by atoms with Crippen molar-refractivity contribution >= 4 is 40.6 Å². The highest BCUT2D eigenvalue weighted by molar-refractivity contribution is 8.18. The Labute approximate surface area is 183 Å². The highest BCUT2D eigenvalue weighted by Crippen LogP contribution is 2.29. The third-order valence-corrected chi connectivity index (χ3v) is 5.39. The van der Waals surface area contributed by atoms with E-state index in [-0.39, 0.29) is 11.5 Å². The Balaban J connectivity index is 1.54. The zero-order chi connectivity index (χ0) is 21.8. The number of amidine groups is 1. The number of carboxylic acid groups (broad SMARTS) is 1. The zero-order valence-electron chi connectivity index (χ0n) is 16.6. The van der Waals surface area contributed by atoms with Gasteiger partial charge < -0.3 is 19.7 Å². The Hall–Kier alpha value is -3.78. The molecule has 7 nitrogen and oxygen atoms in total. The van der Waals surface area contributed by atoms with Crippen molar-refractivity contribution in [1.82, 2.24) is 9.88 Å². The van der Waals surface area contributed by atoms with Crippen LogP contribution in [-0.4, -0.2) is 33.3 Å². The van der Waals surface area contributed by atoms with Crippen LogP contribution in [-0.2, 0) is 4.79 Å². The molecule has 0 aliphatic carbocycles. The van der Waals surface area contributed by atoms with Gasteiger partial charge in [0.05, 0.1) is 22.8 Å². The Morgan fingerprint density at radius 1 is 1.16 bits per heavy atom. The average molecular weight is 433 g/mol. The number of thioether (sulfide) groups is 1. The van der Waals surface area contributed by atoms with Crippen molar-refractivity contribution in [3.05, 3.63) is 83.0 Å². The molecule has 1 aromatic heterocycles. The van der Waals surface area contributed by atoms with Gasteiger partial charge in [0.25, 0.3) is 5.91 Å². The number of benzene rings is 2. The van der Waals surface area contributed by atoms with Gasteiger partial charge in [-0.2, -0.15) is 0 Å². The summed E-state index contributed by atoms with van der Waals surface area (Å²) in [7, 11) is 0. The van der Waals surface area contributed by atoms with Crippen LogP contribution >= 0.6 is 11.8 Å². The molecule has 2 N–H and O–H groups in total. The predicted molar refractivity (Wildman–Crippen MR) is 121 cm³/mol. The fourth-order valence-electron chi connectivity index (χ4n) is 3.03. The first-order valence-electron chi connectivity index (χ1n) is 9.57. The van der Waals surface area contributed by atoms with Crippen molar-refractivity contribution in [1.29, 1.82) is 0 Å². The van der Waals surface area contributed by atoms with Crippen molar-refractivity contribution in [3.63, 3.8) is 0 Å². The summed E-state index contributed by atoms with van der Waals surface area (Å²) >= 11 is 1.26. The van der Waals surface area contributed by atoms with Crippen LogP contribution in [0.3, 0.4) is 0 Å². The largest absolute Gasteiger partial charge is 0.494 e. The SMILES string of the molecule is CCOc1ccc(N=C2NC(=O)/C(=C/c3cccn3-c3ccc(C(=O)O)cc3)S2)cc1. The summed E-state index contributed by atoms with van der Waals surface area (Å²) in [5.41, 5.74) is 2.53. The van der Waals surface area contributed by atoms with Gasteiger partial charge in [-0.3, -0.25) is 4.79 Å². The minimum atomic E-state index is -0.972. The summed E-state index contributed by atoms with van der Waals surface area (Å²) in [5.74, 6) is -0.421. The van der Waals surface area contributed by atoms with Crippen LogP contribution in [0.5, 0.6) is 5.75 Å². The molecule has 1 saturated heterocycles. The summed E-state index contributed by atoms with van der Waals surface area (Å²) in [6, 6.07) is 17.6. The molecule has 3 aromatic rings. The van der Waals surface area contributed by atoms with E-state index in [4.69, 9.17) is 9.84 Å². The lowest BCUT2D eigenvalue weighted by Gasteiger charge is -2.07. The van der Waals surface area contributed by atoms with E-state index in [9.17, 15) is 9.59 Å². The number of nitrogens with one attached hydrogen (secondary N) is 1. The van der Waals surface area contributed by atoms with Crippen LogP contribution in [0.25, 0.3) is 11.8 Å². The van der Waals surface area contributed by atoms with E-state index < -0.39 is 5.97 Å². The maximum atomic E-state index is 12.4. The first-order chi connectivity index (χ1) is 15.0. The minimum Gasteiger partial charge on any atom is -0.494 e. The second kappa shape index (κ2) is 8.93. The van der Waals surface area contributed by atoms with E-state index in [0.29, 0.717) is 16.7 Å². The summed E-state index contributed by atoms with van der Waals surface area (Å²) < 4.78 is 7.31. The van der Waals surface area contributed by atoms with Crippen molar-refractivity contribution in [2.24, 2.45) is 4.99 Å². The second-order valence-corrected chi connectivity index (χ2v) is 7.59. The molecule has 31 heavy (non-hydrogen) atoms. The lowest BCUT2D eigenvalue weighted by atomic mass is 10.2. The Morgan fingerprint density at radius 2 is 1.90 bits per heavy atom. The number of aromatic carboxylic acids is 1. The molecule has 0 spiro atoms. The van der Waals surface area contributed by atoms with E-state index >= 15 is 0 Å². The summed E-state index contributed by atoms with van der Waals surface area (Å²) in [6.45, 7) is 2.52. The molecule has 1 aliphatic heterocycles. The molecule has 1 amide bonds. The molecule has 0 saturated carbocycles. The summed E-state index contributed by atoms with van der Waals surface area (Å²) in [6.07, 6.45) is 3.64. The predicted octanol–water partition coefficient (Wildman–Crippen LogP) is 4.47. The van der Waals surface area contributed by atoms with Crippen LogP contribution in [0, 0.1) is 0 Å². The Kier molecular flexibility index (Phi) is 5.90.